The summed E-state index contributed by atoms with van der Waals surface area (Å²) < 4.78 is 7.38. The lowest BCUT2D eigenvalue weighted by molar-refractivity contribution is 0.0458. The molecule has 0 N–H and O–H groups in total. The molecule has 5 heteroatoms. The number of nitrogens with zero attached hydrogens (tertiary/aromatic N) is 1. The number of rotatable bonds is 9. The molecule has 1 heterocycles. The molecule has 1 aromatic carbocycles. The van der Waals surface area contributed by atoms with Gasteiger partial charge in [-0.3, -0.25) is 4.79 Å². The Bertz CT molecular complexity index is 765. The van der Waals surface area contributed by atoms with E-state index in [1.54, 1.807) is 6.92 Å². The van der Waals surface area contributed by atoms with E-state index in [1.165, 1.54) is 0 Å². The first kappa shape index (κ1) is 20.2. The quantitative estimate of drug-likeness (QED) is 0.334. The van der Waals surface area contributed by atoms with Crippen molar-refractivity contribution in [3.63, 3.8) is 0 Å². The summed E-state index contributed by atoms with van der Waals surface area (Å²) in [5.74, 6) is -0.422. The Kier molecular flexibility index (Phi) is 7.46. The van der Waals surface area contributed by atoms with Crippen LogP contribution in [-0.4, -0.2) is 15.8 Å². The number of halogens is 1. The van der Waals surface area contributed by atoms with Crippen LogP contribution >= 0.6 is 11.6 Å². The van der Waals surface area contributed by atoms with E-state index in [-0.39, 0.29) is 6.61 Å². The Hall–Kier alpha value is -2.07. The molecule has 1 aromatic heterocycles. The van der Waals surface area contributed by atoms with Gasteiger partial charge in [-0.2, -0.15) is 0 Å². The zero-order valence-corrected chi connectivity index (χ0v) is 16.4. The number of aromatic nitrogens is 1. The number of hydrogen-bond donors (Lipinski definition) is 0. The van der Waals surface area contributed by atoms with Gasteiger partial charge in [0, 0.05) is 12.2 Å². The Morgan fingerprint density at radius 1 is 1.08 bits per heavy atom. The molecule has 0 atom stereocenters. The van der Waals surface area contributed by atoms with Crippen LogP contribution in [0.5, 0.6) is 0 Å². The minimum atomic E-state index is -0.538. The van der Waals surface area contributed by atoms with Crippen molar-refractivity contribution in [2.24, 2.45) is 0 Å². The molecule has 0 spiro atoms. The van der Waals surface area contributed by atoms with Gasteiger partial charge in [0.2, 0.25) is 0 Å². The molecule has 0 unspecified atom stereocenters. The molecule has 0 amide bonds. The average Bonchev–Trinajstić information content (AvgIpc) is 2.87. The minimum Gasteiger partial charge on any atom is -0.456 e. The highest BCUT2D eigenvalue weighted by molar-refractivity contribution is 6.68. The summed E-state index contributed by atoms with van der Waals surface area (Å²) >= 11 is 5.76. The van der Waals surface area contributed by atoms with Crippen LogP contribution in [0.3, 0.4) is 0 Å². The molecule has 4 nitrogen and oxygen atoms in total. The Labute approximate surface area is 160 Å². The third-order valence-corrected chi connectivity index (χ3v) is 4.79. The number of carbonyl (C=O) groups is 2. The molecular formula is C21H26ClNO3. The maximum atomic E-state index is 12.7. The van der Waals surface area contributed by atoms with E-state index >= 15 is 0 Å². The van der Waals surface area contributed by atoms with E-state index in [0.717, 1.165) is 36.9 Å². The summed E-state index contributed by atoms with van der Waals surface area (Å²) in [5, 5.41) is -0.538. The third kappa shape index (κ3) is 4.76. The maximum Gasteiger partial charge on any atom is 0.355 e. The summed E-state index contributed by atoms with van der Waals surface area (Å²) in [7, 11) is 0. The van der Waals surface area contributed by atoms with Crippen molar-refractivity contribution >= 4 is 22.8 Å². The lowest BCUT2D eigenvalue weighted by atomic mass is 10.1. The standard InChI is InChI=1S/C21H26ClNO3/c1-4-5-6-10-13-23-16(3)18(20(22)24)15(2)19(23)21(25)26-14-17-11-8-7-9-12-17/h7-9,11-12H,4-6,10,13-14H2,1-3H3. The lowest BCUT2D eigenvalue weighted by Gasteiger charge is -2.12. The molecule has 0 aliphatic heterocycles. The van der Waals surface area contributed by atoms with Crippen molar-refractivity contribution in [2.45, 2.75) is 59.6 Å². The molecule has 140 valence electrons. The number of hydrogen-bond acceptors (Lipinski definition) is 3. The number of carbonyl (C=O) groups excluding carboxylic acids is 2. The molecule has 0 radical (unpaired) electrons. The Morgan fingerprint density at radius 2 is 1.77 bits per heavy atom. The molecule has 0 fully saturated rings. The first-order valence-electron chi connectivity index (χ1n) is 9.07. The van der Waals surface area contributed by atoms with Crippen LogP contribution in [0, 0.1) is 13.8 Å². The molecule has 0 aliphatic carbocycles. The third-order valence-electron chi connectivity index (χ3n) is 4.60. The SMILES string of the molecule is CCCCCCn1c(C)c(C(=O)Cl)c(C)c1C(=O)OCc1ccccc1. The minimum absolute atomic E-state index is 0.198. The topological polar surface area (TPSA) is 48.3 Å². The number of esters is 1. The second-order valence-corrected chi connectivity index (χ2v) is 6.83. The molecule has 2 aromatic rings. The highest BCUT2D eigenvalue weighted by Crippen LogP contribution is 2.26. The zero-order chi connectivity index (χ0) is 19.1. The van der Waals surface area contributed by atoms with Crippen molar-refractivity contribution < 1.29 is 14.3 Å². The van der Waals surface area contributed by atoms with Gasteiger partial charge in [-0.1, -0.05) is 56.5 Å². The number of ether oxygens (including phenoxy) is 1. The van der Waals surface area contributed by atoms with Gasteiger partial charge in [0.05, 0.1) is 5.56 Å². The van der Waals surface area contributed by atoms with Crippen molar-refractivity contribution in [2.75, 3.05) is 0 Å². The smallest absolute Gasteiger partial charge is 0.355 e. The van der Waals surface area contributed by atoms with Crippen LogP contribution in [0.4, 0.5) is 0 Å². The molecular weight excluding hydrogens is 350 g/mol. The highest BCUT2D eigenvalue weighted by atomic mass is 35.5. The van der Waals surface area contributed by atoms with Crippen LogP contribution in [0.1, 0.15) is 70.3 Å². The molecule has 0 saturated carbocycles. The highest BCUT2D eigenvalue weighted by Gasteiger charge is 2.26. The fraction of sp³-hybridized carbons (Fsp3) is 0.429. The summed E-state index contributed by atoms with van der Waals surface area (Å²) in [4.78, 5) is 24.6. The van der Waals surface area contributed by atoms with E-state index in [9.17, 15) is 9.59 Å². The van der Waals surface area contributed by atoms with Gasteiger partial charge in [0.1, 0.15) is 12.3 Å². The normalized spacial score (nSPS) is 10.8. The van der Waals surface area contributed by atoms with E-state index in [0.29, 0.717) is 23.4 Å². The maximum absolute atomic E-state index is 12.7. The Balaban J connectivity index is 2.24. The van der Waals surface area contributed by atoms with Crippen LogP contribution in [0.2, 0.25) is 0 Å². The van der Waals surface area contributed by atoms with Crippen molar-refractivity contribution in [3.8, 4) is 0 Å². The number of unbranched alkanes of at least 4 members (excludes halogenated alkanes) is 3. The Morgan fingerprint density at radius 3 is 2.38 bits per heavy atom. The summed E-state index contributed by atoms with van der Waals surface area (Å²) in [6.45, 7) is 6.61. The van der Waals surface area contributed by atoms with Crippen molar-refractivity contribution in [3.05, 3.63) is 58.4 Å². The molecule has 2 rings (SSSR count). The molecule has 0 saturated heterocycles. The molecule has 26 heavy (non-hydrogen) atoms. The summed E-state index contributed by atoms with van der Waals surface area (Å²) in [6, 6.07) is 9.53. The second kappa shape index (κ2) is 9.58. The van der Waals surface area contributed by atoms with Crippen molar-refractivity contribution in [1.82, 2.24) is 4.57 Å². The van der Waals surface area contributed by atoms with Gasteiger partial charge in [-0.05, 0) is 43.0 Å². The molecule has 0 bridgehead atoms. The predicted octanol–water partition coefficient (Wildman–Crippen LogP) is 5.42. The monoisotopic (exact) mass is 375 g/mol. The predicted molar refractivity (Wildman–Crippen MR) is 104 cm³/mol. The summed E-state index contributed by atoms with van der Waals surface area (Å²) in [6.07, 6.45) is 4.31. The summed E-state index contributed by atoms with van der Waals surface area (Å²) in [5.41, 5.74) is 3.08. The second-order valence-electron chi connectivity index (χ2n) is 6.48. The molecule has 0 aliphatic rings. The first-order chi connectivity index (χ1) is 12.5. The fourth-order valence-electron chi connectivity index (χ4n) is 3.22. The van der Waals surface area contributed by atoms with E-state index in [1.807, 2.05) is 41.8 Å². The van der Waals surface area contributed by atoms with Crippen LogP contribution in [0.25, 0.3) is 0 Å². The van der Waals surface area contributed by atoms with E-state index in [4.69, 9.17) is 16.3 Å². The van der Waals surface area contributed by atoms with Crippen molar-refractivity contribution in [1.29, 1.82) is 0 Å². The van der Waals surface area contributed by atoms with Gasteiger partial charge >= 0.3 is 5.97 Å². The number of benzene rings is 1. The van der Waals surface area contributed by atoms with Gasteiger partial charge in [-0.15, -0.1) is 0 Å². The van der Waals surface area contributed by atoms with E-state index < -0.39 is 11.2 Å². The first-order valence-corrected chi connectivity index (χ1v) is 9.45. The van der Waals surface area contributed by atoms with Gasteiger partial charge < -0.3 is 9.30 Å². The largest absolute Gasteiger partial charge is 0.456 e. The van der Waals surface area contributed by atoms with Crippen LogP contribution < -0.4 is 0 Å². The van der Waals surface area contributed by atoms with Gasteiger partial charge in [0.15, 0.2) is 0 Å². The van der Waals surface area contributed by atoms with Crippen LogP contribution in [-0.2, 0) is 17.9 Å². The van der Waals surface area contributed by atoms with Gasteiger partial charge in [0.25, 0.3) is 5.24 Å². The lowest BCUT2D eigenvalue weighted by Crippen LogP contribution is -2.14. The average molecular weight is 376 g/mol. The van der Waals surface area contributed by atoms with Gasteiger partial charge in [-0.25, -0.2) is 4.79 Å². The van der Waals surface area contributed by atoms with Crippen LogP contribution in [0.15, 0.2) is 30.3 Å². The fourth-order valence-corrected chi connectivity index (χ4v) is 3.49. The van der Waals surface area contributed by atoms with E-state index in [2.05, 4.69) is 6.92 Å². The zero-order valence-electron chi connectivity index (χ0n) is 15.7.